The van der Waals surface area contributed by atoms with E-state index in [1.54, 1.807) is 12.1 Å². The van der Waals surface area contributed by atoms with Gasteiger partial charge in [0.25, 0.3) is 5.69 Å². The summed E-state index contributed by atoms with van der Waals surface area (Å²) in [6.07, 6.45) is 7.01. The molecular weight excluding hydrogens is 328 g/mol. The van der Waals surface area contributed by atoms with Gasteiger partial charge >= 0.3 is 0 Å². The number of nitrogens with zero attached hydrogens (tertiary/aromatic N) is 3. The quantitative estimate of drug-likeness (QED) is 0.662. The minimum absolute atomic E-state index is 0.167. The van der Waals surface area contributed by atoms with Gasteiger partial charge < -0.3 is 10.2 Å². The molecule has 26 heavy (non-hydrogen) atoms. The number of hydrogen-bond acceptors (Lipinski definition) is 5. The lowest BCUT2D eigenvalue weighted by Crippen LogP contribution is -2.47. The largest absolute Gasteiger partial charge is 0.369 e. The Labute approximate surface area is 155 Å². The van der Waals surface area contributed by atoms with Gasteiger partial charge in [-0.15, -0.1) is 0 Å². The summed E-state index contributed by atoms with van der Waals surface area (Å²) in [6, 6.07) is 6.98. The van der Waals surface area contributed by atoms with Crippen molar-refractivity contribution in [3.8, 4) is 0 Å². The van der Waals surface area contributed by atoms with Crippen LogP contribution in [0, 0.1) is 21.4 Å². The number of nitro groups is 1. The van der Waals surface area contributed by atoms with Gasteiger partial charge in [0.2, 0.25) is 0 Å². The first kappa shape index (κ1) is 17.7. The smallest absolute Gasteiger partial charge is 0.269 e. The van der Waals surface area contributed by atoms with Crippen LogP contribution in [-0.4, -0.2) is 55.6 Å². The zero-order chi connectivity index (χ0) is 18.0. The van der Waals surface area contributed by atoms with Gasteiger partial charge in [0, 0.05) is 50.5 Å². The van der Waals surface area contributed by atoms with Gasteiger partial charge in [-0.3, -0.25) is 15.0 Å². The summed E-state index contributed by atoms with van der Waals surface area (Å²) in [5, 5.41) is 14.3. The predicted molar refractivity (Wildman–Crippen MR) is 104 cm³/mol. The van der Waals surface area contributed by atoms with Gasteiger partial charge in [-0.05, 0) is 68.7 Å². The molecule has 4 rings (SSSR count). The topological polar surface area (TPSA) is 61.7 Å². The molecule has 142 valence electrons. The van der Waals surface area contributed by atoms with Crippen molar-refractivity contribution in [2.45, 2.75) is 32.1 Å². The van der Waals surface area contributed by atoms with E-state index in [0.29, 0.717) is 5.41 Å². The summed E-state index contributed by atoms with van der Waals surface area (Å²) in [5.74, 6) is 0.874. The van der Waals surface area contributed by atoms with E-state index in [0.717, 1.165) is 37.8 Å². The molecule has 1 aromatic carbocycles. The number of benzene rings is 1. The van der Waals surface area contributed by atoms with Crippen molar-refractivity contribution in [2.24, 2.45) is 11.3 Å². The summed E-state index contributed by atoms with van der Waals surface area (Å²) < 4.78 is 0. The number of hydrogen-bond donors (Lipinski definition) is 1. The van der Waals surface area contributed by atoms with E-state index in [9.17, 15) is 10.1 Å². The second-order valence-electron chi connectivity index (χ2n) is 8.42. The van der Waals surface area contributed by atoms with Crippen LogP contribution in [0.15, 0.2) is 24.3 Å². The average molecular weight is 358 g/mol. The van der Waals surface area contributed by atoms with Crippen LogP contribution >= 0.6 is 0 Å². The van der Waals surface area contributed by atoms with Gasteiger partial charge in [0.05, 0.1) is 4.92 Å². The molecule has 0 radical (unpaired) electrons. The minimum atomic E-state index is -0.335. The minimum Gasteiger partial charge on any atom is -0.369 e. The average Bonchev–Trinajstić information content (AvgIpc) is 3.05. The van der Waals surface area contributed by atoms with Crippen molar-refractivity contribution in [2.75, 3.05) is 50.7 Å². The third-order valence-electron chi connectivity index (χ3n) is 6.78. The summed E-state index contributed by atoms with van der Waals surface area (Å²) in [4.78, 5) is 15.4. The molecule has 3 aliphatic rings. The van der Waals surface area contributed by atoms with E-state index in [4.69, 9.17) is 0 Å². The highest BCUT2D eigenvalue weighted by atomic mass is 16.6. The van der Waals surface area contributed by atoms with E-state index in [-0.39, 0.29) is 10.6 Å². The monoisotopic (exact) mass is 358 g/mol. The predicted octanol–water partition coefficient (Wildman–Crippen LogP) is 2.89. The van der Waals surface area contributed by atoms with Gasteiger partial charge in [0.15, 0.2) is 0 Å². The molecule has 2 heterocycles. The highest BCUT2D eigenvalue weighted by Gasteiger charge is 2.40. The Balaban J connectivity index is 1.25. The molecule has 1 atom stereocenters. The number of piperazine rings is 1. The zero-order valence-corrected chi connectivity index (χ0v) is 15.5. The molecule has 0 amide bonds. The highest BCUT2D eigenvalue weighted by Crippen LogP contribution is 2.47. The molecule has 1 unspecified atom stereocenters. The van der Waals surface area contributed by atoms with Crippen LogP contribution in [-0.2, 0) is 0 Å². The normalized spacial score (nSPS) is 26.3. The lowest BCUT2D eigenvalue weighted by atomic mass is 9.77. The molecule has 1 N–H and O–H groups in total. The van der Waals surface area contributed by atoms with Crippen molar-refractivity contribution >= 4 is 11.4 Å². The maximum Gasteiger partial charge on any atom is 0.269 e. The lowest BCUT2D eigenvalue weighted by Gasteiger charge is -2.38. The van der Waals surface area contributed by atoms with E-state index in [1.807, 2.05) is 12.1 Å². The molecule has 1 spiro atoms. The molecule has 2 saturated heterocycles. The maximum absolute atomic E-state index is 10.8. The van der Waals surface area contributed by atoms with E-state index in [1.165, 1.54) is 51.7 Å². The summed E-state index contributed by atoms with van der Waals surface area (Å²) in [7, 11) is 0. The first-order valence-electron chi connectivity index (χ1n) is 10.1. The Morgan fingerprint density at radius 3 is 2.42 bits per heavy atom. The SMILES string of the molecule is O=[N+]([O-])c1ccc(N2CCN(CC3CCC4(CCNCC4)C3)CC2)cc1. The van der Waals surface area contributed by atoms with Crippen LogP contribution in [0.1, 0.15) is 32.1 Å². The number of anilines is 1. The summed E-state index contributed by atoms with van der Waals surface area (Å²) >= 11 is 0. The Bertz CT molecular complexity index is 619. The van der Waals surface area contributed by atoms with Crippen LogP contribution in [0.4, 0.5) is 11.4 Å². The summed E-state index contributed by atoms with van der Waals surface area (Å²) in [5.41, 5.74) is 1.92. The fraction of sp³-hybridized carbons (Fsp3) is 0.700. The molecule has 0 aromatic heterocycles. The second kappa shape index (κ2) is 7.53. The first-order chi connectivity index (χ1) is 12.6. The van der Waals surface area contributed by atoms with Gasteiger partial charge in [0.1, 0.15) is 0 Å². The standard InChI is InChI=1S/C20H30N4O2/c25-24(26)19-3-1-18(2-4-19)23-13-11-22(12-14-23)16-17-5-6-20(15-17)7-9-21-10-8-20/h1-4,17,21H,5-16H2. The van der Waals surface area contributed by atoms with Gasteiger partial charge in [-0.25, -0.2) is 0 Å². The fourth-order valence-electron chi connectivity index (χ4n) is 5.23. The number of non-ortho nitro benzene ring substituents is 1. The third-order valence-corrected chi connectivity index (χ3v) is 6.78. The highest BCUT2D eigenvalue weighted by molar-refractivity contribution is 5.51. The Kier molecular flexibility index (Phi) is 5.14. The van der Waals surface area contributed by atoms with E-state index >= 15 is 0 Å². The van der Waals surface area contributed by atoms with E-state index < -0.39 is 0 Å². The molecule has 3 fully saturated rings. The number of nitro benzene ring substituents is 1. The van der Waals surface area contributed by atoms with Crippen LogP contribution < -0.4 is 10.2 Å². The number of rotatable bonds is 4. The van der Waals surface area contributed by atoms with Gasteiger partial charge in [-0.1, -0.05) is 0 Å². The maximum atomic E-state index is 10.8. The van der Waals surface area contributed by atoms with Crippen molar-refractivity contribution in [1.29, 1.82) is 0 Å². The zero-order valence-electron chi connectivity index (χ0n) is 15.5. The molecule has 0 bridgehead atoms. The molecule has 1 saturated carbocycles. The second-order valence-corrected chi connectivity index (χ2v) is 8.42. The summed E-state index contributed by atoms with van der Waals surface area (Å²) in [6.45, 7) is 7.90. The van der Waals surface area contributed by atoms with Crippen LogP contribution in [0.2, 0.25) is 0 Å². The van der Waals surface area contributed by atoms with Crippen molar-refractivity contribution in [3.05, 3.63) is 34.4 Å². The van der Waals surface area contributed by atoms with Crippen molar-refractivity contribution in [1.82, 2.24) is 10.2 Å². The van der Waals surface area contributed by atoms with Crippen LogP contribution in [0.25, 0.3) is 0 Å². The molecule has 6 nitrogen and oxygen atoms in total. The Morgan fingerprint density at radius 2 is 1.77 bits per heavy atom. The Morgan fingerprint density at radius 1 is 1.08 bits per heavy atom. The van der Waals surface area contributed by atoms with Crippen LogP contribution in [0.5, 0.6) is 0 Å². The third kappa shape index (κ3) is 3.86. The molecule has 1 aliphatic carbocycles. The molecule has 6 heteroatoms. The molecule has 2 aliphatic heterocycles. The lowest BCUT2D eigenvalue weighted by molar-refractivity contribution is -0.384. The number of nitrogens with one attached hydrogen (secondary N) is 1. The van der Waals surface area contributed by atoms with Crippen molar-refractivity contribution < 1.29 is 4.92 Å². The molecule has 1 aromatic rings. The Hall–Kier alpha value is -1.66. The first-order valence-corrected chi connectivity index (χ1v) is 10.1. The van der Waals surface area contributed by atoms with Gasteiger partial charge in [-0.2, -0.15) is 0 Å². The van der Waals surface area contributed by atoms with Crippen LogP contribution in [0.3, 0.4) is 0 Å². The van der Waals surface area contributed by atoms with E-state index in [2.05, 4.69) is 15.1 Å². The fourth-order valence-corrected chi connectivity index (χ4v) is 5.23. The number of piperidine rings is 1. The van der Waals surface area contributed by atoms with Crippen molar-refractivity contribution in [3.63, 3.8) is 0 Å². The molecular formula is C20H30N4O2.